The molecule has 1 N–H and O–H groups in total. The van der Waals surface area contributed by atoms with Gasteiger partial charge in [-0.15, -0.1) is 0 Å². The van der Waals surface area contributed by atoms with Crippen LogP contribution < -0.4 is 5.32 Å². The van der Waals surface area contributed by atoms with Crippen LogP contribution in [-0.4, -0.2) is 24.2 Å². The van der Waals surface area contributed by atoms with Crippen molar-refractivity contribution in [3.05, 3.63) is 0 Å². The molecule has 1 fully saturated rings. The quantitative estimate of drug-likeness (QED) is 0.675. The fourth-order valence-corrected chi connectivity index (χ4v) is 1.41. The van der Waals surface area contributed by atoms with Gasteiger partial charge in [0.1, 0.15) is 0 Å². The van der Waals surface area contributed by atoms with Crippen LogP contribution in [0.15, 0.2) is 0 Å². The monoisotopic (exact) mass is 171 g/mol. The summed E-state index contributed by atoms with van der Waals surface area (Å²) in [6.45, 7) is 6.65. The van der Waals surface area contributed by atoms with E-state index < -0.39 is 0 Å². The molecule has 0 bridgehead atoms. The van der Waals surface area contributed by atoms with Crippen LogP contribution in [0.4, 0.5) is 0 Å². The summed E-state index contributed by atoms with van der Waals surface area (Å²) in [5.74, 6) is 0.106. The first-order valence-corrected chi connectivity index (χ1v) is 4.51. The van der Waals surface area contributed by atoms with Crippen LogP contribution in [0.2, 0.25) is 0 Å². The van der Waals surface area contributed by atoms with Gasteiger partial charge in [-0.25, -0.2) is 0 Å². The van der Waals surface area contributed by atoms with Crippen molar-refractivity contribution in [3.63, 3.8) is 0 Å². The van der Waals surface area contributed by atoms with Crippen molar-refractivity contribution in [3.8, 4) is 0 Å². The van der Waals surface area contributed by atoms with E-state index in [2.05, 4.69) is 5.32 Å². The summed E-state index contributed by atoms with van der Waals surface area (Å²) in [4.78, 5) is 11.2. The van der Waals surface area contributed by atoms with E-state index in [0.717, 1.165) is 13.0 Å². The smallest absolute Gasteiger partial charge is 0.220 e. The molecule has 1 heterocycles. The van der Waals surface area contributed by atoms with E-state index >= 15 is 0 Å². The highest BCUT2D eigenvalue weighted by molar-refractivity contribution is 5.76. The van der Waals surface area contributed by atoms with E-state index in [1.54, 1.807) is 0 Å². The van der Waals surface area contributed by atoms with Crippen molar-refractivity contribution >= 4 is 5.91 Å². The van der Waals surface area contributed by atoms with E-state index in [-0.39, 0.29) is 17.6 Å². The number of rotatable bonds is 2. The zero-order chi connectivity index (χ0) is 9.19. The van der Waals surface area contributed by atoms with Gasteiger partial charge in [0.2, 0.25) is 5.91 Å². The zero-order valence-electron chi connectivity index (χ0n) is 8.02. The second-order valence-electron chi connectivity index (χ2n) is 3.58. The maximum absolute atomic E-state index is 11.2. The molecule has 0 spiro atoms. The molecule has 1 saturated heterocycles. The van der Waals surface area contributed by atoms with Gasteiger partial charge in [0.05, 0.1) is 11.6 Å². The van der Waals surface area contributed by atoms with Gasteiger partial charge in [0.15, 0.2) is 0 Å². The number of ether oxygens (including phenoxy) is 1. The molecule has 70 valence electrons. The Morgan fingerprint density at radius 2 is 2.42 bits per heavy atom. The average Bonchev–Trinajstić information content (AvgIpc) is 2.32. The molecule has 0 aliphatic carbocycles. The fourth-order valence-electron chi connectivity index (χ4n) is 1.41. The Labute approximate surface area is 73.5 Å². The predicted molar refractivity (Wildman–Crippen MR) is 46.9 cm³/mol. The first-order valence-electron chi connectivity index (χ1n) is 4.51. The van der Waals surface area contributed by atoms with Gasteiger partial charge in [0, 0.05) is 13.0 Å². The Morgan fingerprint density at radius 3 is 2.83 bits per heavy atom. The van der Waals surface area contributed by atoms with Crippen LogP contribution in [0.3, 0.4) is 0 Å². The molecule has 0 saturated carbocycles. The van der Waals surface area contributed by atoms with Crippen molar-refractivity contribution in [2.75, 3.05) is 6.61 Å². The van der Waals surface area contributed by atoms with Gasteiger partial charge in [-0.2, -0.15) is 0 Å². The Bertz CT molecular complexity index is 181. The fraction of sp³-hybridized carbons (Fsp3) is 0.889. The minimum absolute atomic E-state index is 0.106. The minimum Gasteiger partial charge on any atom is -0.376 e. The number of carbonyl (C=O) groups is 1. The van der Waals surface area contributed by atoms with Crippen LogP contribution in [0, 0.1) is 0 Å². The molecule has 3 nitrogen and oxygen atoms in total. The van der Waals surface area contributed by atoms with E-state index in [4.69, 9.17) is 4.74 Å². The van der Waals surface area contributed by atoms with Crippen LogP contribution in [0.25, 0.3) is 0 Å². The van der Waals surface area contributed by atoms with Crippen molar-refractivity contribution < 1.29 is 9.53 Å². The minimum atomic E-state index is -0.146. The molecule has 0 aromatic carbocycles. The molecular formula is C9H17NO2. The van der Waals surface area contributed by atoms with Crippen molar-refractivity contribution in [2.45, 2.75) is 45.3 Å². The van der Waals surface area contributed by atoms with Crippen LogP contribution in [-0.2, 0) is 9.53 Å². The maximum atomic E-state index is 11.2. The Balaban J connectivity index is 2.53. The van der Waals surface area contributed by atoms with E-state index in [1.807, 2.05) is 20.8 Å². The van der Waals surface area contributed by atoms with Crippen LogP contribution in [0.5, 0.6) is 0 Å². The highest BCUT2D eigenvalue weighted by atomic mass is 16.5. The van der Waals surface area contributed by atoms with Crippen LogP contribution >= 0.6 is 0 Å². The summed E-state index contributed by atoms with van der Waals surface area (Å²) in [5.41, 5.74) is -0.146. The number of amides is 1. The predicted octanol–water partition coefficient (Wildman–Crippen LogP) is 1.08. The molecule has 2 atom stereocenters. The summed E-state index contributed by atoms with van der Waals surface area (Å²) >= 11 is 0. The Kier molecular flexibility index (Phi) is 2.73. The lowest BCUT2D eigenvalue weighted by Crippen LogP contribution is -2.50. The van der Waals surface area contributed by atoms with Gasteiger partial charge < -0.3 is 10.1 Å². The Morgan fingerprint density at radius 1 is 1.75 bits per heavy atom. The second-order valence-corrected chi connectivity index (χ2v) is 3.58. The number of hydrogen-bond acceptors (Lipinski definition) is 2. The van der Waals surface area contributed by atoms with Gasteiger partial charge in [0.25, 0.3) is 0 Å². The average molecular weight is 171 g/mol. The lowest BCUT2D eigenvalue weighted by molar-refractivity contribution is -0.123. The summed E-state index contributed by atoms with van der Waals surface area (Å²) in [6.07, 6.45) is 1.59. The summed E-state index contributed by atoms with van der Waals surface area (Å²) in [5, 5.41) is 2.99. The second kappa shape index (κ2) is 3.44. The van der Waals surface area contributed by atoms with E-state index in [0.29, 0.717) is 6.42 Å². The van der Waals surface area contributed by atoms with Gasteiger partial charge in [-0.3, -0.25) is 4.79 Å². The van der Waals surface area contributed by atoms with Gasteiger partial charge in [-0.1, -0.05) is 6.92 Å². The molecule has 12 heavy (non-hydrogen) atoms. The summed E-state index contributed by atoms with van der Waals surface area (Å²) < 4.78 is 5.40. The number of carbonyl (C=O) groups excluding carboxylic acids is 1. The third-order valence-corrected chi connectivity index (χ3v) is 2.63. The third kappa shape index (κ3) is 1.78. The molecule has 2 unspecified atom stereocenters. The number of nitrogens with one attached hydrogen (secondary N) is 1. The molecule has 1 aliphatic heterocycles. The molecule has 1 aliphatic rings. The molecule has 0 aromatic heterocycles. The summed E-state index contributed by atoms with van der Waals surface area (Å²) in [7, 11) is 0. The van der Waals surface area contributed by atoms with Gasteiger partial charge >= 0.3 is 0 Å². The van der Waals surface area contributed by atoms with E-state index in [1.165, 1.54) is 0 Å². The van der Waals surface area contributed by atoms with Crippen molar-refractivity contribution in [1.29, 1.82) is 0 Å². The molecule has 1 amide bonds. The standard InChI is InChI=1S/C9H17NO2/c1-4-8(11)10-9(3)5-6-12-7(9)2/h7H,4-6H2,1-3H3,(H,10,11). The normalized spacial score (nSPS) is 35.1. The number of hydrogen-bond donors (Lipinski definition) is 1. The first-order chi connectivity index (χ1) is 5.58. The van der Waals surface area contributed by atoms with Gasteiger partial charge in [-0.05, 0) is 20.3 Å². The van der Waals surface area contributed by atoms with E-state index in [9.17, 15) is 4.79 Å². The first kappa shape index (κ1) is 9.52. The lowest BCUT2D eigenvalue weighted by atomic mass is 9.94. The maximum Gasteiger partial charge on any atom is 0.220 e. The Hall–Kier alpha value is -0.570. The third-order valence-electron chi connectivity index (χ3n) is 2.63. The van der Waals surface area contributed by atoms with Crippen LogP contribution in [0.1, 0.15) is 33.6 Å². The highest BCUT2D eigenvalue weighted by Crippen LogP contribution is 2.24. The SMILES string of the molecule is CCC(=O)NC1(C)CCOC1C. The lowest BCUT2D eigenvalue weighted by Gasteiger charge is -2.28. The van der Waals surface area contributed by atoms with Crippen molar-refractivity contribution in [2.24, 2.45) is 0 Å². The molecule has 0 radical (unpaired) electrons. The highest BCUT2D eigenvalue weighted by Gasteiger charge is 2.37. The summed E-state index contributed by atoms with van der Waals surface area (Å²) in [6, 6.07) is 0. The largest absolute Gasteiger partial charge is 0.376 e. The molecule has 0 aromatic rings. The topological polar surface area (TPSA) is 38.3 Å². The molecule has 3 heteroatoms. The molecular weight excluding hydrogens is 154 g/mol. The molecule has 1 rings (SSSR count). The zero-order valence-corrected chi connectivity index (χ0v) is 8.02. The van der Waals surface area contributed by atoms with Crippen molar-refractivity contribution in [1.82, 2.24) is 5.32 Å².